The summed E-state index contributed by atoms with van der Waals surface area (Å²) in [4.78, 5) is 14.2. The molecule has 0 N–H and O–H groups in total. The molecule has 19 heavy (non-hydrogen) atoms. The maximum absolute atomic E-state index is 12.2. The van der Waals surface area contributed by atoms with Crippen LogP contribution in [0.25, 0.3) is 0 Å². The zero-order chi connectivity index (χ0) is 13.7. The number of hydrogen-bond acceptors (Lipinski definition) is 2. The van der Waals surface area contributed by atoms with Gasteiger partial charge in [-0.15, -0.1) is 0 Å². The van der Waals surface area contributed by atoms with E-state index in [-0.39, 0.29) is 5.92 Å². The summed E-state index contributed by atoms with van der Waals surface area (Å²) in [7, 11) is 1.95. The van der Waals surface area contributed by atoms with E-state index in [0.29, 0.717) is 11.9 Å². The van der Waals surface area contributed by atoms with Gasteiger partial charge in [0.05, 0.1) is 6.07 Å². The number of carbonyl (C=O) groups is 1. The first kappa shape index (κ1) is 14.4. The van der Waals surface area contributed by atoms with Crippen molar-refractivity contribution in [2.45, 2.75) is 70.3 Å². The van der Waals surface area contributed by atoms with E-state index in [4.69, 9.17) is 5.26 Å². The Labute approximate surface area is 117 Å². The number of rotatable bonds is 4. The monoisotopic (exact) mass is 262 g/mol. The lowest BCUT2D eigenvalue weighted by Crippen LogP contribution is -2.39. The van der Waals surface area contributed by atoms with Gasteiger partial charge in [0.2, 0.25) is 5.91 Å². The minimum atomic E-state index is 0.221. The first-order chi connectivity index (χ1) is 9.20. The zero-order valence-corrected chi connectivity index (χ0v) is 12.1. The summed E-state index contributed by atoms with van der Waals surface area (Å²) in [6.45, 7) is 0. The standard InChI is InChI=1S/C16H26N2O/c1-18(15-9-6-14(12-17)7-10-15)16(19)11-8-13-4-2-3-5-13/h13-15H,2-11H2,1H3. The topological polar surface area (TPSA) is 44.1 Å². The third-order valence-corrected chi connectivity index (χ3v) is 5.06. The molecule has 2 fully saturated rings. The largest absolute Gasteiger partial charge is 0.343 e. The Hall–Kier alpha value is -1.04. The Kier molecular flexibility index (Phi) is 5.24. The Morgan fingerprint density at radius 1 is 1.16 bits per heavy atom. The van der Waals surface area contributed by atoms with Gasteiger partial charge in [0.25, 0.3) is 0 Å². The minimum absolute atomic E-state index is 0.221. The lowest BCUT2D eigenvalue weighted by atomic mass is 9.86. The van der Waals surface area contributed by atoms with Gasteiger partial charge in [-0.25, -0.2) is 0 Å². The van der Waals surface area contributed by atoms with Crippen molar-refractivity contribution in [1.82, 2.24) is 4.90 Å². The maximum Gasteiger partial charge on any atom is 0.222 e. The molecule has 2 rings (SSSR count). The van der Waals surface area contributed by atoms with Gasteiger partial charge in [-0.2, -0.15) is 5.26 Å². The van der Waals surface area contributed by atoms with Crippen LogP contribution in [0.5, 0.6) is 0 Å². The van der Waals surface area contributed by atoms with Crippen molar-refractivity contribution < 1.29 is 4.79 Å². The molecule has 0 aromatic carbocycles. The van der Waals surface area contributed by atoms with Gasteiger partial charge in [0.15, 0.2) is 0 Å². The minimum Gasteiger partial charge on any atom is -0.343 e. The van der Waals surface area contributed by atoms with Crippen molar-refractivity contribution in [3.05, 3.63) is 0 Å². The van der Waals surface area contributed by atoms with Crippen molar-refractivity contribution in [1.29, 1.82) is 5.26 Å². The van der Waals surface area contributed by atoms with Gasteiger partial charge >= 0.3 is 0 Å². The van der Waals surface area contributed by atoms with E-state index in [1.807, 2.05) is 11.9 Å². The molecule has 0 aliphatic heterocycles. The summed E-state index contributed by atoms with van der Waals surface area (Å²) in [5.74, 6) is 1.33. The molecule has 0 bridgehead atoms. The molecule has 0 aromatic rings. The number of nitrogens with zero attached hydrogens (tertiary/aromatic N) is 2. The van der Waals surface area contributed by atoms with Crippen molar-refractivity contribution in [2.24, 2.45) is 11.8 Å². The fourth-order valence-electron chi connectivity index (χ4n) is 3.60. The molecule has 0 heterocycles. The second kappa shape index (κ2) is 6.93. The van der Waals surface area contributed by atoms with E-state index in [1.54, 1.807) is 0 Å². The third-order valence-electron chi connectivity index (χ3n) is 5.06. The van der Waals surface area contributed by atoms with Crippen LogP contribution >= 0.6 is 0 Å². The van der Waals surface area contributed by atoms with E-state index < -0.39 is 0 Å². The summed E-state index contributed by atoms with van der Waals surface area (Å²) in [5.41, 5.74) is 0. The lowest BCUT2D eigenvalue weighted by Gasteiger charge is -2.33. The Bertz CT molecular complexity index is 333. The molecule has 0 aromatic heterocycles. The average Bonchev–Trinajstić information content (AvgIpc) is 2.97. The second-order valence-corrected chi connectivity index (χ2v) is 6.33. The predicted octanol–water partition coefficient (Wildman–Crippen LogP) is 3.50. The number of carbonyl (C=O) groups excluding carboxylic acids is 1. The average molecular weight is 262 g/mol. The van der Waals surface area contributed by atoms with E-state index in [2.05, 4.69) is 6.07 Å². The number of nitriles is 1. The van der Waals surface area contributed by atoms with Crippen LogP contribution in [-0.2, 0) is 4.79 Å². The van der Waals surface area contributed by atoms with Gasteiger partial charge in [0.1, 0.15) is 0 Å². The fraction of sp³-hybridized carbons (Fsp3) is 0.875. The highest BCUT2D eigenvalue weighted by Gasteiger charge is 2.26. The summed E-state index contributed by atoms with van der Waals surface area (Å²) in [6.07, 6.45) is 11.1. The normalized spacial score (nSPS) is 28.0. The van der Waals surface area contributed by atoms with E-state index >= 15 is 0 Å². The highest BCUT2D eigenvalue weighted by Crippen LogP contribution is 2.30. The van der Waals surface area contributed by atoms with Crippen LogP contribution in [0.4, 0.5) is 0 Å². The molecule has 2 saturated carbocycles. The van der Waals surface area contributed by atoms with Crippen molar-refractivity contribution in [3.8, 4) is 6.07 Å². The molecule has 106 valence electrons. The van der Waals surface area contributed by atoms with Crippen LogP contribution in [-0.4, -0.2) is 23.9 Å². The highest BCUT2D eigenvalue weighted by atomic mass is 16.2. The fourth-order valence-corrected chi connectivity index (χ4v) is 3.60. The smallest absolute Gasteiger partial charge is 0.222 e. The summed E-state index contributed by atoms with van der Waals surface area (Å²) < 4.78 is 0. The van der Waals surface area contributed by atoms with Gasteiger partial charge in [-0.1, -0.05) is 25.7 Å². The lowest BCUT2D eigenvalue weighted by molar-refractivity contribution is -0.133. The van der Waals surface area contributed by atoms with E-state index in [9.17, 15) is 4.79 Å². The van der Waals surface area contributed by atoms with Crippen molar-refractivity contribution in [2.75, 3.05) is 7.05 Å². The molecule has 0 spiro atoms. The van der Waals surface area contributed by atoms with Crippen LogP contribution in [0, 0.1) is 23.2 Å². The first-order valence-electron chi connectivity index (χ1n) is 7.86. The number of amides is 1. The second-order valence-electron chi connectivity index (χ2n) is 6.33. The maximum atomic E-state index is 12.2. The molecule has 0 radical (unpaired) electrons. The highest BCUT2D eigenvalue weighted by molar-refractivity contribution is 5.76. The summed E-state index contributed by atoms with van der Waals surface area (Å²) >= 11 is 0. The summed E-state index contributed by atoms with van der Waals surface area (Å²) in [5, 5.41) is 8.90. The molecule has 0 atom stereocenters. The van der Waals surface area contributed by atoms with Crippen LogP contribution in [0.1, 0.15) is 64.2 Å². The first-order valence-corrected chi connectivity index (χ1v) is 7.86. The Balaban J connectivity index is 1.71. The van der Waals surface area contributed by atoms with Crippen LogP contribution in [0.2, 0.25) is 0 Å². The number of hydrogen-bond donors (Lipinski definition) is 0. The van der Waals surface area contributed by atoms with Gasteiger partial charge in [-0.05, 0) is 38.0 Å². The van der Waals surface area contributed by atoms with Crippen LogP contribution in [0.15, 0.2) is 0 Å². The van der Waals surface area contributed by atoms with Crippen molar-refractivity contribution >= 4 is 5.91 Å². The van der Waals surface area contributed by atoms with Gasteiger partial charge in [0, 0.05) is 25.4 Å². The van der Waals surface area contributed by atoms with Gasteiger partial charge < -0.3 is 4.90 Å². The van der Waals surface area contributed by atoms with Crippen LogP contribution in [0.3, 0.4) is 0 Å². The predicted molar refractivity (Wildman–Crippen MR) is 75.3 cm³/mol. The van der Waals surface area contributed by atoms with E-state index in [0.717, 1.165) is 44.4 Å². The molecule has 3 heteroatoms. The molecule has 2 aliphatic rings. The molecule has 1 amide bonds. The molecule has 0 unspecified atom stereocenters. The summed E-state index contributed by atoms with van der Waals surface area (Å²) in [6, 6.07) is 2.73. The Morgan fingerprint density at radius 2 is 1.79 bits per heavy atom. The molecular weight excluding hydrogens is 236 g/mol. The molecule has 0 saturated heterocycles. The van der Waals surface area contributed by atoms with Crippen molar-refractivity contribution in [3.63, 3.8) is 0 Å². The van der Waals surface area contributed by atoms with Gasteiger partial charge in [-0.3, -0.25) is 4.79 Å². The molecule has 2 aliphatic carbocycles. The third kappa shape index (κ3) is 3.96. The van der Waals surface area contributed by atoms with E-state index in [1.165, 1.54) is 25.7 Å². The SMILES string of the molecule is CN(C(=O)CCC1CCCC1)C1CCC(C#N)CC1. The molecular formula is C16H26N2O. The molecule has 3 nitrogen and oxygen atoms in total. The quantitative estimate of drug-likeness (QED) is 0.778. The zero-order valence-electron chi connectivity index (χ0n) is 12.1. The Morgan fingerprint density at radius 3 is 2.37 bits per heavy atom. The van der Waals surface area contributed by atoms with Crippen LogP contribution < -0.4 is 0 Å².